The average Bonchev–Trinajstić information content (AvgIpc) is 3.19. The van der Waals surface area contributed by atoms with Crippen LogP contribution in [0.25, 0.3) is 0 Å². The highest BCUT2D eigenvalue weighted by atomic mass is 32.2. The van der Waals surface area contributed by atoms with Crippen LogP contribution in [0.15, 0.2) is 29.3 Å². The van der Waals surface area contributed by atoms with E-state index in [4.69, 9.17) is 9.47 Å². The van der Waals surface area contributed by atoms with Gasteiger partial charge in [0.15, 0.2) is 11.5 Å². The molecule has 2 aromatic rings. The van der Waals surface area contributed by atoms with Crippen LogP contribution in [0.3, 0.4) is 0 Å². The maximum absolute atomic E-state index is 12.9. The van der Waals surface area contributed by atoms with Gasteiger partial charge in [0.1, 0.15) is 4.90 Å². The molecule has 0 saturated heterocycles. The van der Waals surface area contributed by atoms with Crippen LogP contribution in [0.5, 0.6) is 11.5 Å². The molecule has 2 heterocycles. The molecule has 26 heavy (non-hydrogen) atoms. The zero-order valence-corrected chi connectivity index (χ0v) is 16.6. The second-order valence-electron chi connectivity index (χ2n) is 7.68. The quantitative estimate of drug-likeness (QED) is 0.864. The highest BCUT2D eigenvalue weighted by Gasteiger charge is 2.30. The molecule has 0 amide bonds. The fourth-order valence-electron chi connectivity index (χ4n) is 2.66. The van der Waals surface area contributed by atoms with Gasteiger partial charge in [-0.2, -0.15) is 5.10 Å². The molecular weight excluding hydrogens is 354 g/mol. The minimum absolute atomic E-state index is 0.0777. The smallest absolute Gasteiger partial charge is 0.244 e. The first-order chi connectivity index (χ1) is 12.1. The Kier molecular flexibility index (Phi) is 4.74. The first-order valence-electron chi connectivity index (χ1n) is 8.56. The number of fused-ring (bicyclic) bond motifs is 1. The van der Waals surface area contributed by atoms with Crippen molar-refractivity contribution in [3.63, 3.8) is 0 Å². The molecule has 0 atom stereocenters. The standard InChI is InChI=1S/C18H25N3O4S/c1-12(2)21-10-16(17(20-21)18(3,4)5)26(22,23)19-9-13-6-7-14-15(8-13)25-11-24-14/h6-8,10,12,19H,9,11H2,1-5H3. The highest BCUT2D eigenvalue weighted by molar-refractivity contribution is 7.89. The summed E-state index contributed by atoms with van der Waals surface area (Å²) < 4.78 is 40.8. The minimum atomic E-state index is -3.70. The predicted molar refractivity (Wildman–Crippen MR) is 97.9 cm³/mol. The number of hydrogen-bond acceptors (Lipinski definition) is 5. The average molecular weight is 379 g/mol. The number of rotatable bonds is 5. The van der Waals surface area contributed by atoms with Crippen molar-refractivity contribution in [2.75, 3.05) is 6.79 Å². The number of ether oxygens (including phenoxy) is 2. The SMILES string of the molecule is CC(C)n1cc(S(=O)(=O)NCc2ccc3c(c2)OCO3)c(C(C)(C)C)n1. The predicted octanol–water partition coefficient (Wildman–Crippen LogP) is 2.97. The largest absolute Gasteiger partial charge is 0.454 e. The van der Waals surface area contributed by atoms with Crippen LogP contribution in [-0.4, -0.2) is 25.0 Å². The van der Waals surface area contributed by atoms with Gasteiger partial charge in [-0.25, -0.2) is 13.1 Å². The third-order valence-corrected chi connectivity index (χ3v) is 5.53. The first kappa shape index (κ1) is 18.7. The molecular formula is C18H25N3O4S. The lowest BCUT2D eigenvalue weighted by molar-refractivity contribution is 0.174. The summed E-state index contributed by atoms with van der Waals surface area (Å²) in [4.78, 5) is 0.222. The maximum Gasteiger partial charge on any atom is 0.244 e. The van der Waals surface area contributed by atoms with Crippen LogP contribution in [0.4, 0.5) is 0 Å². The van der Waals surface area contributed by atoms with E-state index in [1.165, 1.54) is 0 Å². The van der Waals surface area contributed by atoms with Crippen molar-refractivity contribution in [1.29, 1.82) is 0 Å². The molecule has 0 spiro atoms. The number of hydrogen-bond donors (Lipinski definition) is 1. The van der Waals surface area contributed by atoms with Crippen LogP contribution >= 0.6 is 0 Å². The molecule has 1 N–H and O–H groups in total. The van der Waals surface area contributed by atoms with Crippen molar-refractivity contribution in [3.05, 3.63) is 35.7 Å². The Balaban J connectivity index is 1.86. The van der Waals surface area contributed by atoms with Crippen LogP contribution in [0.1, 0.15) is 51.9 Å². The summed E-state index contributed by atoms with van der Waals surface area (Å²) in [5.41, 5.74) is 0.971. The van der Waals surface area contributed by atoms with Crippen LogP contribution in [-0.2, 0) is 22.0 Å². The van der Waals surface area contributed by atoms with E-state index in [2.05, 4.69) is 9.82 Å². The summed E-state index contributed by atoms with van der Waals surface area (Å²) in [6.07, 6.45) is 1.60. The van der Waals surface area contributed by atoms with Gasteiger partial charge in [0.05, 0.1) is 5.69 Å². The minimum Gasteiger partial charge on any atom is -0.454 e. The molecule has 3 rings (SSSR count). The molecule has 0 fully saturated rings. The molecule has 0 saturated carbocycles. The lowest BCUT2D eigenvalue weighted by Gasteiger charge is -2.17. The zero-order valence-electron chi connectivity index (χ0n) is 15.7. The van der Waals surface area contributed by atoms with Crippen molar-refractivity contribution in [1.82, 2.24) is 14.5 Å². The summed E-state index contributed by atoms with van der Waals surface area (Å²) in [6, 6.07) is 5.46. The van der Waals surface area contributed by atoms with E-state index in [1.54, 1.807) is 23.0 Å². The molecule has 1 aromatic heterocycles. The summed E-state index contributed by atoms with van der Waals surface area (Å²) in [7, 11) is -3.70. The molecule has 1 aromatic carbocycles. The molecule has 142 valence electrons. The molecule has 0 radical (unpaired) electrons. The van der Waals surface area contributed by atoms with E-state index in [-0.39, 0.29) is 29.7 Å². The van der Waals surface area contributed by atoms with Gasteiger partial charge in [-0.3, -0.25) is 4.68 Å². The normalized spacial score (nSPS) is 14.2. The van der Waals surface area contributed by atoms with Gasteiger partial charge in [0.2, 0.25) is 16.8 Å². The highest BCUT2D eigenvalue weighted by Crippen LogP contribution is 2.33. The van der Waals surface area contributed by atoms with Gasteiger partial charge in [0, 0.05) is 24.2 Å². The van der Waals surface area contributed by atoms with Crippen molar-refractivity contribution in [2.45, 2.75) is 57.5 Å². The van der Waals surface area contributed by atoms with Crippen molar-refractivity contribution >= 4 is 10.0 Å². The van der Waals surface area contributed by atoms with Crippen molar-refractivity contribution in [3.8, 4) is 11.5 Å². The Morgan fingerprint density at radius 2 is 1.92 bits per heavy atom. The number of benzene rings is 1. The second-order valence-corrected chi connectivity index (χ2v) is 9.41. The van der Waals surface area contributed by atoms with Gasteiger partial charge < -0.3 is 9.47 Å². The Hall–Kier alpha value is -2.06. The molecule has 7 nitrogen and oxygen atoms in total. The first-order valence-corrected chi connectivity index (χ1v) is 10.0. The zero-order chi connectivity index (χ0) is 19.1. The Morgan fingerprint density at radius 3 is 2.58 bits per heavy atom. The molecule has 0 unspecified atom stereocenters. The third kappa shape index (κ3) is 3.71. The second kappa shape index (κ2) is 6.59. The number of nitrogens with one attached hydrogen (secondary N) is 1. The summed E-state index contributed by atoms with van der Waals surface area (Å²) in [5, 5.41) is 4.51. The van der Waals surface area contributed by atoms with Crippen LogP contribution in [0.2, 0.25) is 0 Å². The van der Waals surface area contributed by atoms with E-state index in [9.17, 15) is 8.42 Å². The van der Waals surface area contributed by atoms with E-state index >= 15 is 0 Å². The topological polar surface area (TPSA) is 82.5 Å². The lowest BCUT2D eigenvalue weighted by atomic mass is 9.92. The molecule has 1 aliphatic rings. The van der Waals surface area contributed by atoms with Gasteiger partial charge >= 0.3 is 0 Å². The van der Waals surface area contributed by atoms with Gasteiger partial charge in [-0.05, 0) is 31.5 Å². The summed E-state index contributed by atoms with van der Waals surface area (Å²) in [5.74, 6) is 1.30. The number of aromatic nitrogens is 2. The molecule has 8 heteroatoms. The summed E-state index contributed by atoms with van der Waals surface area (Å²) in [6.45, 7) is 10.2. The summed E-state index contributed by atoms with van der Waals surface area (Å²) >= 11 is 0. The van der Waals surface area contributed by atoms with Gasteiger partial charge in [-0.15, -0.1) is 0 Å². The van der Waals surface area contributed by atoms with Gasteiger partial charge in [-0.1, -0.05) is 26.8 Å². The lowest BCUT2D eigenvalue weighted by Crippen LogP contribution is -2.26. The number of sulfonamides is 1. The Morgan fingerprint density at radius 1 is 1.23 bits per heavy atom. The molecule has 0 bridgehead atoms. The van der Waals surface area contributed by atoms with Gasteiger partial charge in [0.25, 0.3) is 0 Å². The fraction of sp³-hybridized carbons (Fsp3) is 0.500. The van der Waals surface area contributed by atoms with Crippen molar-refractivity contribution in [2.24, 2.45) is 0 Å². The molecule has 0 aliphatic carbocycles. The Labute approximate surface area is 154 Å². The third-order valence-electron chi connectivity index (χ3n) is 4.13. The molecule has 1 aliphatic heterocycles. The Bertz CT molecular complexity index is 911. The van der Waals surface area contributed by atoms with E-state index in [0.717, 1.165) is 5.56 Å². The fourth-order valence-corrected chi connectivity index (χ4v) is 4.02. The number of nitrogens with zero attached hydrogens (tertiary/aromatic N) is 2. The van der Waals surface area contributed by atoms with E-state index in [0.29, 0.717) is 17.2 Å². The maximum atomic E-state index is 12.9. The van der Waals surface area contributed by atoms with E-state index in [1.807, 2.05) is 40.7 Å². The van der Waals surface area contributed by atoms with Crippen LogP contribution < -0.4 is 14.2 Å². The van der Waals surface area contributed by atoms with Crippen LogP contribution in [0, 0.1) is 0 Å². The van der Waals surface area contributed by atoms with Crippen molar-refractivity contribution < 1.29 is 17.9 Å². The monoisotopic (exact) mass is 379 g/mol. The van der Waals surface area contributed by atoms with E-state index < -0.39 is 10.0 Å².